The first-order valence-corrected chi connectivity index (χ1v) is 5.23. The van der Waals surface area contributed by atoms with Crippen molar-refractivity contribution in [1.82, 2.24) is 15.6 Å². The molecule has 0 unspecified atom stereocenters. The Labute approximate surface area is 86.2 Å². The van der Waals surface area contributed by atoms with E-state index in [9.17, 15) is 4.79 Å². The van der Waals surface area contributed by atoms with Crippen LogP contribution in [0.25, 0.3) is 0 Å². The zero-order valence-corrected chi connectivity index (χ0v) is 8.51. The molecule has 1 aromatic rings. The van der Waals surface area contributed by atoms with Crippen LogP contribution in [0.4, 0.5) is 4.79 Å². The quantitative estimate of drug-likeness (QED) is 0.616. The molecule has 0 saturated carbocycles. The predicted octanol–water partition coefficient (Wildman–Crippen LogP) is 0.890. The van der Waals surface area contributed by atoms with Crippen molar-refractivity contribution in [2.45, 2.75) is 13.0 Å². The Hall–Kier alpha value is -1.14. The van der Waals surface area contributed by atoms with Gasteiger partial charge in [0.1, 0.15) is 5.01 Å². The zero-order valence-electron chi connectivity index (χ0n) is 7.69. The largest absolute Gasteiger partial charge is 0.465 e. The van der Waals surface area contributed by atoms with E-state index in [-0.39, 0.29) is 0 Å². The van der Waals surface area contributed by atoms with Crippen molar-refractivity contribution < 1.29 is 9.90 Å². The summed E-state index contributed by atoms with van der Waals surface area (Å²) < 4.78 is 0. The summed E-state index contributed by atoms with van der Waals surface area (Å²) in [5.74, 6) is 0. The Morgan fingerprint density at radius 1 is 1.57 bits per heavy atom. The van der Waals surface area contributed by atoms with Gasteiger partial charge in [-0.2, -0.15) is 0 Å². The van der Waals surface area contributed by atoms with Crippen molar-refractivity contribution in [2.24, 2.45) is 0 Å². The molecule has 0 saturated heterocycles. The van der Waals surface area contributed by atoms with Crippen molar-refractivity contribution in [1.29, 1.82) is 0 Å². The summed E-state index contributed by atoms with van der Waals surface area (Å²) >= 11 is 1.61. The number of carboxylic acid groups (broad SMARTS) is 1. The lowest BCUT2D eigenvalue weighted by Crippen LogP contribution is -2.25. The van der Waals surface area contributed by atoms with E-state index in [0.29, 0.717) is 6.54 Å². The zero-order chi connectivity index (χ0) is 10.2. The fourth-order valence-electron chi connectivity index (χ4n) is 0.944. The lowest BCUT2D eigenvalue weighted by Gasteiger charge is -2.02. The topological polar surface area (TPSA) is 74.2 Å². The minimum Gasteiger partial charge on any atom is -0.465 e. The molecule has 0 radical (unpaired) electrons. The van der Waals surface area contributed by atoms with Gasteiger partial charge in [0.2, 0.25) is 0 Å². The van der Waals surface area contributed by atoms with E-state index >= 15 is 0 Å². The van der Waals surface area contributed by atoms with Crippen LogP contribution in [-0.2, 0) is 6.54 Å². The Balaban J connectivity index is 1.92. The highest BCUT2D eigenvalue weighted by Crippen LogP contribution is 2.02. The number of nitrogens with one attached hydrogen (secondary N) is 2. The van der Waals surface area contributed by atoms with E-state index in [1.165, 1.54) is 0 Å². The van der Waals surface area contributed by atoms with Crippen LogP contribution in [0.3, 0.4) is 0 Å². The van der Waals surface area contributed by atoms with Crippen LogP contribution in [-0.4, -0.2) is 29.3 Å². The molecular formula is C8H13N3O2S. The summed E-state index contributed by atoms with van der Waals surface area (Å²) in [6.07, 6.45) is 1.59. The van der Waals surface area contributed by atoms with Gasteiger partial charge in [0.15, 0.2) is 0 Å². The molecule has 5 nitrogen and oxygen atoms in total. The molecule has 0 atom stereocenters. The second-order valence-corrected chi connectivity index (χ2v) is 3.67. The van der Waals surface area contributed by atoms with Gasteiger partial charge >= 0.3 is 6.09 Å². The van der Waals surface area contributed by atoms with Gasteiger partial charge < -0.3 is 15.7 Å². The summed E-state index contributed by atoms with van der Waals surface area (Å²) in [6.45, 7) is 2.03. The van der Waals surface area contributed by atoms with Gasteiger partial charge in [-0.3, -0.25) is 0 Å². The van der Waals surface area contributed by atoms with Gasteiger partial charge in [-0.05, 0) is 13.0 Å². The number of carbonyl (C=O) groups is 1. The maximum absolute atomic E-state index is 10.1. The maximum Gasteiger partial charge on any atom is 0.404 e. The number of nitrogens with zero attached hydrogens (tertiary/aromatic N) is 1. The first kappa shape index (κ1) is 10.9. The molecule has 14 heavy (non-hydrogen) atoms. The monoisotopic (exact) mass is 215 g/mol. The van der Waals surface area contributed by atoms with Gasteiger partial charge in [-0.15, -0.1) is 11.3 Å². The fraction of sp³-hybridized carbons (Fsp3) is 0.500. The lowest BCUT2D eigenvalue weighted by molar-refractivity contribution is 0.194. The minimum atomic E-state index is -0.968. The van der Waals surface area contributed by atoms with E-state index < -0.39 is 6.09 Å². The van der Waals surface area contributed by atoms with Crippen LogP contribution in [0.1, 0.15) is 11.4 Å². The molecule has 1 aromatic heterocycles. The van der Waals surface area contributed by atoms with E-state index in [0.717, 1.165) is 24.5 Å². The van der Waals surface area contributed by atoms with E-state index in [1.54, 1.807) is 17.5 Å². The Morgan fingerprint density at radius 3 is 3.07 bits per heavy atom. The first-order chi connectivity index (χ1) is 6.79. The molecule has 0 aromatic carbocycles. The van der Waals surface area contributed by atoms with Crippen molar-refractivity contribution in [2.75, 3.05) is 13.1 Å². The van der Waals surface area contributed by atoms with Gasteiger partial charge in [-0.1, -0.05) is 0 Å². The lowest BCUT2D eigenvalue weighted by atomic mass is 10.4. The Bertz CT molecular complexity index is 264. The molecule has 3 N–H and O–H groups in total. The highest BCUT2D eigenvalue weighted by Gasteiger charge is 1.95. The molecule has 1 rings (SSSR count). The third-order valence-electron chi connectivity index (χ3n) is 1.57. The van der Waals surface area contributed by atoms with Crippen LogP contribution in [0.5, 0.6) is 0 Å². The molecular weight excluding hydrogens is 202 g/mol. The Morgan fingerprint density at radius 2 is 2.43 bits per heavy atom. The summed E-state index contributed by atoms with van der Waals surface area (Å²) in [5.41, 5.74) is 0. The van der Waals surface area contributed by atoms with E-state index in [4.69, 9.17) is 5.11 Å². The summed E-state index contributed by atoms with van der Waals surface area (Å²) in [6, 6.07) is 0. The summed E-state index contributed by atoms with van der Waals surface area (Å²) in [7, 11) is 0. The molecule has 0 bridgehead atoms. The smallest absolute Gasteiger partial charge is 0.404 e. The number of amides is 1. The standard InChI is InChI=1S/C8H13N3O2S/c12-8(13)11-3-1-2-9-6-7-10-4-5-14-7/h4-5,9,11H,1-3,6H2,(H,12,13). The average molecular weight is 215 g/mol. The SMILES string of the molecule is O=C(O)NCCCNCc1nccs1. The van der Waals surface area contributed by atoms with Gasteiger partial charge in [0.25, 0.3) is 0 Å². The highest BCUT2D eigenvalue weighted by atomic mass is 32.1. The second-order valence-electron chi connectivity index (χ2n) is 2.69. The normalized spacial score (nSPS) is 10.0. The van der Waals surface area contributed by atoms with Gasteiger partial charge in [0, 0.05) is 24.7 Å². The Kier molecular flexibility index (Phi) is 4.95. The molecule has 6 heteroatoms. The summed E-state index contributed by atoms with van der Waals surface area (Å²) in [4.78, 5) is 14.2. The number of thiazole rings is 1. The van der Waals surface area contributed by atoms with Crippen molar-refractivity contribution >= 4 is 17.4 Å². The summed E-state index contributed by atoms with van der Waals surface area (Å²) in [5, 5.41) is 16.7. The minimum absolute atomic E-state index is 0.486. The molecule has 0 aliphatic rings. The van der Waals surface area contributed by atoms with Crippen molar-refractivity contribution in [3.63, 3.8) is 0 Å². The van der Waals surface area contributed by atoms with Crippen LogP contribution >= 0.6 is 11.3 Å². The van der Waals surface area contributed by atoms with Crippen LogP contribution < -0.4 is 10.6 Å². The molecule has 0 fully saturated rings. The number of rotatable bonds is 6. The molecule has 1 heterocycles. The highest BCUT2D eigenvalue weighted by molar-refractivity contribution is 7.09. The number of hydrogen-bond donors (Lipinski definition) is 3. The third kappa shape index (κ3) is 4.78. The molecule has 0 spiro atoms. The molecule has 78 valence electrons. The van der Waals surface area contributed by atoms with Crippen molar-refractivity contribution in [3.8, 4) is 0 Å². The number of hydrogen-bond acceptors (Lipinski definition) is 4. The van der Waals surface area contributed by atoms with E-state index in [2.05, 4.69) is 15.6 Å². The fourth-order valence-corrected chi connectivity index (χ4v) is 1.53. The van der Waals surface area contributed by atoms with Crippen LogP contribution in [0, 0.1) is 0 Å². The van der Waals surface area contributed by atoms with Crippen LogP contribution in [0.2, 0.25) is 0 Å². The second kappa shape index (κ2) is 6.33. The van der Waals surface area contributed by atoms with Gasteiger partial charge in [0.05, 0.1) is 0 Å². The number of aromatic nitrogens is 1. The average Bonchev–Trinajstić information content (AvgIpc) is 2.63. The molecule has 0 aliphatic carbocycles. The van der Waals surface area contributed by atoms with Gasteiger partial charge in [-0.25, -0.2) is 9.78 Å². The van der Waals surface area contributed by atoms with Crippen molar-refractivity contribution in [3.05, 3.63) is 16.6 Å². The first-order valence-electron chi connectivity index (χ1n) is 4.35. The molecule has 1 amide bonds. The predicted molar refractivity (Wildman–Crippen MR) is 54.5 cm³/mol. The van der Waals surface area contributed by atoms with Crippen LogP contribution in [0.15, 0.2) is 11.6 Å². The third-order valence-corrected chi connectivity index (χ3v) is 2.35. The molecule has 0 aliphatic heterocycles. The van der Waals surface area contributed by atoms with E-state index in [1.807, 2.05) is 5.38 Å². The maximum atomic E-state index is 10.1.